The SMILES string of the molecule is [CH3-].[K+].c1cc2n(n1)CCCC2. The van der Waals surface area contributed by atoms with Crippen molar-refractivity contribution in [2.45, 2.75) is 25.8 Å². The molecule has 0 aliphatic carbocycles. The Morgan fingerprint density at radius 2 is 2.18 bits per heavy atom. The molecule has 11 heavy (non-hydrogen) atoms. The van der Waals surface area contributed by atoms with Crippen molar-refractivity contribution >= 4 is 0 Å². The Labute approximate surface area is 111 Å². The molecule has 0 unspecified atom stereocenters. The van der Waals surface area contributed by atoms with Crippen LogP contribution in [-0.2, 0) is 13.0 Å². The maximum Gasteiger partial charge on any atom is 1.00 e. The molecular formula is C8H13KN2. The number of fused-ring (bicyclic) bond motifs is 1. The van der Waals surface area contributed by atoms with Gasteiger partial charge < -0.3 is 7.43 Å². The fourth-order valence-corrected chi connectivity index (χ4v) is 1.34. The molecule has 0 saturated carbocycles. The van der Waals surface area contributed by atoms with E-state index in [9.17, 15) is 0 Å². The minimum absolute atomic E-state index is 0. The normalized spacial score (nSPS) is 14.2. The van der Waals surface area contributed by atoms with E-state index in [2.05, 4.69) is 15.8 Å². The summed E-state index contributed by atoms with van der Waals surface area (Å²) in [5, 5.41) is 4.17. The Morgan fingerprint density at radius 3 is 2.91 bits per heavy atom. The van der Waals surface area contributed by atoms with Gasteiger partial charge in [0.1, 0.15) is 0 Å². The standard InChI is InChI=1S/C7H10N2.CH3.K/c1-2-6-9-7(3-1)4-5-8-9;;/h4-5H,1-3,6H2;1H3;/q;-1;+1. The zero-order valence-corrected chi connectivity index (χ0v) is 10.5. The number of hydrogen-bond donors (Lipinski definition) is 0. The van der Waals surface area contributed by atoms with E-state index in [1.54, 1.807) is 0 Å². The summed E-state index contributed by atoms with van der Waals surface area (Å²) < 4.78 is 2.10. The number of hydrogen-bond acceptors (Lipinski definition) is 1. The predicted octanol–water partition coefficient (Wildman–Crippen LogP) is -1.33. The fourth-order valence-electron chi connectivity index (χ4n) is 1.34. The summed E-state index contributed by atoms with van der Waals surface area (Å²) in [6, 6.07) is 2.11. The van der Waals surface area contributed by atoms with Crippen molar-refractivity contribution in [2.24, 2.45) is 0 Å². The quantitative estimate of drug-likeness (QED) is 0.354. The van der Waals surface area contributed by atoms with Crippen LogP contribution in [0, 0.1) is 7.43 Å². The Bertz CT molecular complexity index is 187. The molecule has 0 fully saturated rings. The number of nitrogens with zero attached hydrogens (tertiary/aromatic N) is 2. The average molecular weight is 176 g/mol. The molecule has 0 aromatic carbocycles. The second-order valence-corrected chi connectivity index (χ2v) is 2.50. The number of aryl methyl sites for hydroxylation is 2. The van der Waals surface area contributed by atoms with Crippen LogP contribution >= 0.6 is 0 Å². The van der Waals surface area contributed by atoms with Crippen molar-refractivity contribution in [3.8, 4) is 0 Å². The summed E-state index contributed by atoms with van der Waals surface area (Å²) in [5.74, 6) is 0. The van der Waals surface area contributed by atoms with E-state index in [0.29, 0.717) is 0 Å². The van der Waals surface area contributed by atoms with Crippen molar-refractivity contribution in [1.82, 2.24) is 9.78 Å². The Kier molecular flexibility index (Phi) is 5.91. The van der Waals surface area contributed by atoms with Gasteiger partial charge in [-0.25, -0.2) is 0 Å². The van der Waals surface area contributed by atoms with Gasteiger partial charge in [0.2, 0.25) is 0 Å². The predicted molar refractivity (Wildman–Crippen MR) is 41.6 cm³/mol. The molecule has 1 aromatic rings. The first-order chi connectivity index (χ1) is 4.47. The largest absolute Gasteiger partial charge is 1.00 e. The molecule has 0 atom stereocenters. The zero-order valence-electron chi connectivity index (χ0n) is 7.38. The van der Waals surface area contributed by atoms with Crippen LogP contribution in [0.5, 0.6) is 0 Å². The Hall–Kier alpha value is 0.846. The van der Waals surface area contributed by atoms with Crippen LogP contribution in [-0.4, -0.2) is 9.78 Å². The fraction of sp³-hybridized carbons (Fsp3) is 0.500. The topological polar surface area (TPSA) is 17.8 Å². The molecule has 0 bridgehead atoms. The van der Waals surface area contributed by atoms with Gasteiger partial charge in [-0.05, 0) is 25.3 Å². The maximum absolute atomic E-state index is 4.17. The molecule has 0 radical (unpaired) electrons. The smallest absolute Gasteiger partial charge is 0.358 e. The van der Waals surface area contributed by atoms with E-state index < -0.39 is 0 Å². The van der Waals surface area contributed by atoms with Crippen molar-refractivity contribution in [3.05, 3.63) is 25.4 Å². The van der Waals surface area contributed by atoms with Crippen LogP contribution in [0.2, 0.25) is 0 Å². The van der Waals surface area contributed by atoms with Gasteiger partial charge in [0.05, 0.1) is 0 Å². The monoisotopic (exact) mass is 176 g/mol. The molecule has 3 heteroatoms. The molecule has 2 nitrogen and oxygen atoms in total. The van der Waals surface area contributed by atoms with E-state index in [1.165, 1.54) is 25.0 Å². The average Bonchev–Trinajstić information content (AvgIpc) is 2.33. The summed E-state index contributed by atoms with van der Waals surface area (Å²) in [5.41, 5.74) is 1.40. The van der Waals surface area contributed by atoms with E-state index in [0.717, 1.165) is 6.54 Å². The van der Waals surface area contributed by atoms with E-state index in [1.807, 2.05) is 6.20 Å². The van der Waals surface area contributed by atoms with Gasteiger partial charge in [-0.3, -0.25) is 4.68 Å². The summed E-state index contributed by atoms with van der Waals surface area (Å²) in [7, 11) is 0. The van der Waals surface area contributed by atoms with Crippen molar-refractivity contribution in [3.63, 3.8) is 0 Å². The van der Waals surface area contributed by atoms with Crippen molar-refractivity contribution in [1.29, 1.82) is 0 Å². The summed E-state index contributed by atoms with van der Waals surface area (Å²) in [6.07, 6.45) is 5.75. The minimum Gasteiger partial charge on any atom is -0.358 e. The van der Waals surface area contributed by atoms with E-state index in [4.69, 9.17) is 0 Å². The zero-order chi connectivity index (χ0) is 6.10. The molecular weight excluding hydrogens is 163 g/mol. The van der Waals surface area contributed by atoms with Crippen LogP contribution in [0.3, 0.4) is 0 Å². The Morgan fingerprint density at radius 1 is 1.36 bits per heavy atom. The third kappa shape index (κ3) is 2.67. The van der Waals surface area contributed by atoms with Crippen molar-refractivity contribution < 1.29 is 51.4 Å². The second kappa shape index (κ2) is 5.48. The second-order valence-electron chi connectivity index (χ2n) is 2.50. The van der Waals surface area contributed by atoms with Gasteiger partial charge in [0.15, 0.2) is 0 Å². The number of aromatic nitrogens is 2. The molecule has 0 saturated heterocycles. The first kappa shape index (κ1) is 11.8. The number of rotatable bonds is 0. The minimum atomic E-state index is 0. The van der Waals surface area contributed by atoms with Crippen LogP contribution < -0.4 is 51.4 Å². The molecule has 56 valence electrons. The van der Waals surface area contributed by atoms with Gasteiger partial charge in [0.25, 0.3) is 0 Å². The summed E-state index contributed by atoms with van der Waals surface area (Å²) in [6.45, 7) is 1.13. The van der Waals surface area contributed by atoms with Crippen LogP contribution in [0.4, 0.5) is 0 Å². The molecule has 2 rings (SSSR count). The van der Waals surface area contributed by atoms with Crippen molar-refractivity contribution in [2.75, 3.05) is 0 Å². The maximum atomic E-state index is 4.17. The van der Waals surface area contributed by atoms with Gasteiger partial charge in [0, 0.05) is 18.4 Å². The van der Waals surface area contributed by atoms with E-state index >= 15 is 0 Å². The third-order valence-electron chi connectivity index (χ3n) is 1.86. The van der Waals surface area contributed by atoms with Gasteiger partial charge in [-0.2, -0.15) is 5.10 Å². The first-order valence-electron chi connectivity index (χ1n) is 3.47. The van der Waals surface area contributed by atoms with Gasteiger partial charge >= 0.3 is 51.4 Å². The molecule has 0 N–H and O–H groups in total. The molecule has 1 aliphatic rings. The van der Waals surface area contributed by atoms with E-state index in [-0.39, 0.29) is 58.8 Å². The Balaban J connectivity index is 0.000000500. The molecule has 0 spiro atoms. The summed E-state index contributed by atoms with van der Waals surface area (Å²) >= 11 is 0. The van der Waals surface area contributed by atoms with Gasteiger partial charge in [-0.1, -0.05) is 0 Å². The van der Waals surface area contributed by atoms with Gasteiger partial charge in [-0.15, -0.1) is 0 Å². The molecule has 1 aromatic heterocycles. The third-order valence-corrected chi connectivity index (χ3v) is 1.86. The van der Waals surface area contributed by atoms with Crippen LogP contribution in [0.25, 0.3) is 0 Å². The van der Waals surface area contributed by atoms with Crippen LogP contribution in [0.15, 0.2) is 12.3 Å². The molecule has 0 amide bonds. The molecule has 2 heterocycles. The summed E-state index contributed by atoms with van der Waals surface area (Å²) in [4.78, 5) is 0. The van der Waals surface area contributed by atoms with Crippen LogP contribution in [0.1, 0.15) is 18.5 Å². The molecule has 1 aliphatic heterocycles. The first-order valence-corrected chi connectivity index (χ1v) is 3.47.